The predicted octanol–water partition coefficient (Wildman–Crippen LogP) is 6.51. The number of hydrogen-bond donors (Lipinski definition) is 1. The van der Waals surface area contributed by atoms with Gasteiger partial charge in [-0.25, -0.2) is 18.1 Å². The van der Waals surface area contributed by atoms with Gasteiger partial charge in [-0.2, -0.15) is 23.3 Å². The lowest BCUT2D eigenvalue weighted by Gasteiger charge is -2.29. The van der Waals surface area contributed by atoms with Crippen LogP contribution >= 0.6 is 0 Å². The molecule has 1 N–H and O–H groups in total. The summed E-state index contributed by atoms with van der Waals surface area (Å²) in [6.45, 7) is 5.81. The summed E-state index contributed by atoms with van der Waals surface area (Å²) in [7, 11) is -0.566. The molecular weight excluding hydrogens is 593 g/mol. The van der Waals surface area contributed by atoms with Crippen molar-refractivity contribution >= 4 is 16.0 Å². The lowest BCUT2D eigenvalue weighted by molar-refractivity contribution is -0.127. The van der Waals surface area contributed by atoms with E-state index in [0.717, 1.165) is 43.3 Å². The van der Waals surface area contributed by atoms with Crippen LogP contribution in [0.2, 0.25) is 0 Å². The van der Waals surface area contributed by atoms with E-state index in [-0.39, 0.29) is 33.7 Å². The first-order valence-electron chi connectivity index (χ1n) is 14.3. The minimum atomic E-state index is -4.63. The zero-order valence-corrected chi connectivity index (χ0v) is 25.8. The van der Waals surface area contributed by atoms with E-state index in [9.17, 15) is 21.6 Å². The second kappa shape index (κ2) is 12.6. The van der Waals surface area contributed by atoms with Crippen molar-refractivity contribution in [3.63, 3.8) is 0 Å². The van der Waals surface area contributed by atoms with Gasteiger partial charge in [0.2, 0.25) is 11.8 Å². The fraction of sp³-hybridized carbons (Fsp3) is 0.387. The molecule has 2 aromatic carbocycles. The summed E-state index contributed by atoms with van der Waals surface area (Å²) in [5.41, 5.74) is 1.93. The van der Waals surface area contributed by atoms with Crippen molar-refractivity contribution in [2.75, 3.05) is 24.9 Å². The molecule has 5 rings (SSSR count). The standard InChI is InChI=1S/C31H35F3N6O3S/c1-20(2)25-7-5-6-8-26(25)28-27(17-31(32,33)34)29(37-30(36-28)38-44(41,42)24-18-35-40(4)19-24)43-23-11-9-21(10-12-23)22-13-15-39(3)16-14-22/h5-12,18-20,22H,13-17H2,1-4H3,(H,36,37,38). The number of aryl methyl sites for hydroxylation is 1. The zero-order valence-electron chi connectivity index (χ0n) is 25.0. The Morgan fingerprint density at radius 1 is 1.02 bits per heavy atom. The third kappa shape index (κ3) is 7.39. The molecule has 1 aliphatic heterocycles. The van der Waals surface area contributed by atoms with E-state index < -0.39 is 28.6 Å². The minimum Gasteiger partial charge on any atom is -0.439 e. The van der Waals surface area contributed by atoms with Crippen LogP contribution in [0.3, 0.4) is 0 Å². The Bertz CT molecular complexity index is 1710. The summed E-state index contributed by atoms with van der Waals surface area (Å²) in [5, 5.41) is 3.90. The topological polar surface area (TPSA) is 102 Å². The van der Waals surface area contributed by atoms with Crippen LogP contribution in [-0.2, 0) is 23.5 Å². The lowest BCUT2D eigenvalue weighted by Crippen LogP contribution is -2.29. The Morgan fingerprint density at radius 2 is 1.70 bits per heavy atom. The van der Waals surface area contributed by atoms with Crippen molar-refractivity contribution < 1.29 is 26.3 Å². The Hall–Kier alpha value is -3.97. The molecule has 0 saturated carbocycles. The fourth-order valence-electron chi connectivity index (χ4n) is 5.37. The number of nitrogens with zero attached hydrogens (tertiary/aromatic N) is 5. The second-order valence-corrected chi connectivity index (χ2v) is 13.1. The smallest absolute Gasteiger partial charge is 0.393 e. The molecule has 1 saturated heterocycles. The van der Waals surface area contributed by atoms with Gasteiger partial charge in [-0.05, 0) is 68.1 Å². The second-order valence-electron chi connectivity index (χ2n) is 11.4. The first kappa shape index (κ1) is 31.5. The van der Waals surface area contributed by atoms with E-state index in [1.807, 2.05) is 26.0 Å². The number of aromatic nitrogens is 4. The molecule has 1 aliphatic rings. The molecule has 0 atom stereocenters. The van der Waals surface area contributed by atoms with Crippen molar-refractivity contribution in [1.82, 2.24) is 24.6 Å². The molecule has 0 amide bonds. The number of likely N-dealkylation sites (tertiary alicyclic amines) is 1. The summed E-state index contributed by atoms with van der Waals surface area (Å²) in [5.74, 6) is -0.222. The van der Waals surface area contributed by atoms with Gasteiger partial charge in [0.25, 0.3) is 10.0 Å². The average Bonchev–Trinajstić information content (AvgIpc) is 3.42. The largest absolute Gasteiger partial charge is 0.439 e. The van der Waals surface area contributed by atoms with E-state index in [1.165, 1.54) is 10.9 Å². The molecule has 3 heterocycles. The number of anilines is 1. The van der Waals surface area contributed by atoms with Crippen LogP contribution in [0.25, 0.3) is 11.3 Å². The Kier molecular flexibility index (Phi) is 8.98. The molecule has 2 aromatic heterocycles. The van der Waals surface area contributed by atoms with Gasteiger partial charge in [0.15, 0.2) is 0 Å². The number of nitrogens with one attached hydrogen (secondary N) is 1. The molecule has 4 aromatic rings. The molecule has 0 bridgehead atoms. The number of rotatable bonds is 9. The average molecular weight is 629 g/mol. The fourth-order valence-corrected chi connectivity index (χ4v) is 6.30. The quantitative estimate of drug-likeness (QED) is 0.226. The predicted molar refractivity (Wildman–Crippen MR) is 161 cm³/mol. The molecule has 0 aliphatic carbocycles. The molecule has 0 radical (unpaired) electrons. The first-order chi connectivity index (χ1) is 20.8. The monoisotopic (exact) mass is 628 g/mol. The zero-order chi connectivity index (χ0) is 31.6. The van der Waals surface area contributed by atoms with Crippen LogP contribution in [0.1, 0.15) is 55.2 Å². The van der Waals surface area contributed by atoms with Crippen molar-refractivity contribution in [3.8, 4) is 22.9 Å². The van der Waals surface area contributed by atoms with Crippen molar-refractivity contribution in [3.05, 3.63) is 77.6 Å². The molecule has 0 unspecified atom stereocenters. The summed E-state index contributed by atoms with van der Waals surface area (Å²) < 4.78 is 78.2. The molecule has 44 heavy (non-hydrogen) atoms. The van der Waals surface area contributed by atoms with Gasteiger partial charge in [0.05, 0.1) is 23.9 Å². The summed E-state index contributed by atoms with van der Waals surface area (Å²) in [6, 6.07) is 14.2. The highest BCUT2D eigenvalue weighted by molar-refractivity contribution is 7.92. The highest BCUT2D eigenvalue weighted by Crippen LogP contribution is 2.39. The number of halogens is 3. The number of hydrogen-bond acceptors (Lipinski definition) is 7. The van der Waals surface area contributed by atoms with Crippen LogP contribution in [0.15, 0.2) is 65.8 Å². The van der Waals surface area contributed by atoms with Gasteiger partial charge in [-0.15, -0.1) is 0 Å². The molecule has 13 heteroatoms. The highest BCUT2D eigenvalue weighted by atomic mass is 32.2. The van der Waals surface area contributed by atoms with Gasteiger partial charge in [0, 0.05) is 18.8 Å². The molecule has 234 valence electrons. The molecule has 1 fully saturated rings. The Morgan fingerprint density at radius 3 is 2.32 bits per heavy atom. The van der Waals surface area contributed by atoms with Crippen LogP contribution in [-0.4, -0.2) is 59.4 Å². The van der Waals surface area contributed by atoms with Crippen LogP contribution in [0.5, 0.6) is 11.6 Å². The van der Waals surface area contributed by atoms with Crippen LogP contribution in [0.4, 0.5) is 19.1 Å². The summed E-state index contributed by atoms with van der Waals surface area (Å²) in [4.78, 5) is 10.7. The summed E-state index contributed by atoms with van der Waals surface area (Å²) >= 11 is 0. The Balaban J connectivity index is 1.61. The van der Waals surface area contributed by atoms with Gasteiger partial charge in [-0.1, -0.05) is 50.2 Å². The minimum absolute atomic E-state index is 0.0630. The first-order valence-corrected chi connectivity index (χ1v) is 15.8. The van der Waals surface area contributed by atoms with Crippen molar-refractivity contribution in [2.45, 2.75) is 56.0 Å². The molecule has 9 nitrogen and oxygen atoms in total. The van der Waals surface area contributed by atoms with E-state index in [1.54, 1.807) is 43.4 Å². The maximum atomic E-state index is 14.1. The van der Waals surface area contributed by atoms with E-state index >= 15 is 0 Å². The van der Waals surface area contributed by atoms with Gasteiger partial charge >= 0.3 is 6.18 Å². The van der Waals surface area contributed by atoms with E-state index in [2.05, 4.69) is 31.7 Å². The van der Waals surface area contributed by atoms with Crippen molar-refractivity contribution in [1.29, 1.82) is 0 Å². The van der Waals surface area contributed by atoms with E-state index in [4.69, 9.17) is 4.74 Å². The summed E-state index contributed by atoms with van der Waals surface area (Å²) in [6.07, 6.45) is -1.54. The molecule has 0 spiro atoms. The van der Waals surface area contributed by atoms with Gasteiger partial charge in [0.1, 0.15) is 10.6 Å². The number of sulfonamides is 1. The van der Waals surface area contributed by atoms with Gasteiger partial charge in [-0.3, -0.25) is 4.68 Å². The third-order valence-electron chi connectivity index (χ3n) is 7.69. The molecular formula is C31H35F3N6O3S. The maximum Gasteiger partial charge on any atom is 0.393 e. The number of ether oxygens (including phenoxy) is 1. The van der Waals surface area contributed by atoms with E-state index in [0.29, 0.717) is 11.5 Å². The number of alkyl halides is 3. The lowest BCUT2D eigenvalue weighted by atomic mass is 9.90. The van der Waals surface area contributed by atoms with Crippen LogP contribution in [0, 0.1) is 0 Å². The van der Waals surface area contributed by atoms with Crippen molar-refractivity contribution in [2.24, 2.45) is 7.05 Å². The normalized spacial score (nSPS) is 15.1. The third-order valence-corrected chi connectivity index (χ3v) is 8.97. The Labute approximate surface area is 255 Å². The van der Waals surface area contributed by atoms with Crippen LogP contribution < -0.4 is 9.46 Å². The maximum absolute atomic E-state index is 14.1. The van der Waals surface area contributed by atoms with Gasteiger partial charge < -0.3 is 9.64 Å². The number of piperidine rings is 1. The highest BCUT2D eigenvalue weighted by Gasteiger charge is 2.34. The number of benzene rings is 2. The SMILES string of the molecule is CC(C)c1ccccc1-c1nc(NS(=O)(=O)c2cnn(C)c2)nc(Oc2ccc(C3CCN(C)CC3)cc2)c1CC(F)(F)F.